The van der Waals surface area contributed by atoms with Crippen molar-refractivity contribution in [1.82, 2.24) is 30.2 Å². The van der Waals surface area contributed by atoms with Crippen LogP contribution in [0.25, 0.3) is 16.9 Å². The molecule has 10 heteroatoms. The van der Waals surface area contributed by atoms with Gasteiger partial charge in [0.25, 0.3) is 5.91 Å². The number of piperidine rings is 1. The smallest absolute Gasteiger partial charge is 0.255 e. The quantitative estimate of drug-likeness (QED) is 0.655. The van der Waals surface area contributed by atoms with Gasteiger partial charge in [-0.1, -0.05) is 5.21 Å². The molecule has 1 fully saturated rings. The van der Waals surface area contributed by atoms with E-state index in [1.165, 1.54) is 21.8 Å². The lowest BCUT2D eigenvalue weighted by Crippen LogP contribution is -2.52. The summed E-state index contributed by atoms with van der Waals surface area (Å²) in [5, 5.41) is 10.4. The number of rotatable bonds is 3. The number of halogens is 1. The fraction of sp³-hybridized carbons (Fsp3) is 0.200. The van der Waals surface area contributed by atoms with E-state index in [0.29, 0.717) is 28.9 Å². The molecule has 1 saturated heterocycles. The molecule has 1 atom stereocenters. The van der Waals surface area contributed by atoms with Crippen LogP contribution < -0.4 is 5.32 Å². The normalized spacial score (nSPS) is 18.5. The zero-order valence-corrected chi connectivity index (χ0v) is 15.6. The number of fused-ring (bicyclic) bond motifs is 1. The molecule has 1 N–H and O–H groups in total. The van der Waals surface area contributed by atoms with Crippen molar-refractivity contribution in [1.29, 1.82) is 0 Å². The highest BCUT2D eigenvalue weighted by Gasteiger charge is 2.39. The van der Waals surface area contributed by atoms with Crippen LogP contribution in [0.2, 0.25) is 0 Å². The van der Waals surface area contributed by atoms with E-state index in [-0.39, 0.29) is 24.8 Å². The third kappa shape index (κ3) is 3.02. The van der Waals surface area contributed by atoms with Gasteiger partial charge >= 0.3 is 0 Å². The summed E-state index contributed by atoms with van der Waals surface area (Å²) in [6, 6.07) is 5.88. The van der Waals surface area contributed by atoms with Crippen LogP contribution in [0.1, 0.15) is 28.8 Å². The molecule has 9 nitrogen and oxygen atoms in total. The molecule has 2 aliphatic rings. The maximum absolute atomic E-state index is 13.4. The number of amides is 3. The van der Waals surface area contributed by atoms with E-state index in [1.807, 2.05) is 0 Å². The summed E-state index contributed by atoms with van der Waals surface area (Å²) >= 11 is 0. The molecule has 0 bridgehead atoms. The van der Waals surface area contributed by atoms with Crippen LogP contribution in [0.5, 0.6) is 0 Å². The molecule has 3 aromatic rings. The maximum Gasteiger partial charge on any atom is 0.255 e. The SMILES string of the molecule is O=C1CCC(N2Cc3cc(-n4cc(-c5cncc(F)c5)nn4)ccc3C2=O)C(=O)N1. The molecule has 2 aromatic heterocycles. The lowest BCUT2D eigenvalue weighted by atomic mass is 10.0. The molecule has 0 radical (unpaired) electrons. The van der Waals surface area contributed by atoms with Gasteiger partial charge in [-0.05, 0) is 36.2 Å². The van der Waals surface area contributed by atoms with Crippen LogP contribution in [0.3, 0.4) is 0 Å². The number of nitrogens with zero attached hydrogens (tertiary/aromatic N) is 5. The van der Waals surface area contributed by atoms with Crippen LogP contribution in [-0.4, -0.2) is 48.6 Å². The Kier molecular flexibility index (Phi) is 4.12. The van der Waals surface area contributed by atoms with Crippen molar-refractivity contribution in [3.63, 3.8) is 0 Å². The number of hydrogen-bond acceptors (Lipinski definition) is 6. The first kappa shape index (κ1) is 18.1. The molecule has 2 aliphatic heterocycles. The van der Waals surface area contributed by atoms with Crippen molar-refractivity contribution in [2.24, 2.45) is 0 Å². The van der Waals surface area contributed by atoms with Crippen molar-refractivity contribution < 1.29 is 18.8 Å². The fourth-order valence-electron chi connectivity index (χ4n) is 3.78. The van der Waals surface area contributed by atoms with E-state index in [9.17, 15) is 18.8 Å². The summed E-state index contributed by atoms with van der Waals surface area (Å²) in [4.78, 5) is 41.6. The second kappa shape index (κ2) is 6.83. The third-order valence-electron chi connectivity index (χ3n) is 5.27. The van der Waals surface area contributed by atoms with E-state index in [1.54, 1.807) is 24.4 Å². The number of benzene rings is 1. The topological polar surface area (TPSA) is 110 Å². The summed E-state index contributed by atoms with van der Waals surface area (Å²) in [7, 11) is 0. The number of carbonyl (C=O) groups excluding carboxylic acids is 3. The van der Waals surface area contributed by atoms with Gasteiger partial charge < -0.3 is 4.90 Å². The minimum absolute atomic E-state index is 0.207. The first-order chi connectivity index (χ1) is 14.5. The van der Waals surface area contributed by atoms with Gasteiger partial charge in [0, 0.05) is 30.3 Å². The highest BCUT2D eigenvalue weighted by molar-refractivity contribution is 6.05. The molecule has 1 aromatic carbocycles. The van der Waals surface area contributed by atoms with Crippen molar-refractivity contribution in [3.05, 3.63) is 59.8 Å². The molecule has 0 spiro atoms. The Hall–Kier alpha value is -3.95. The maximum atomic E-state index is 13.4. The lowest BCUT2D eigenvalue weighted by molar-refractivity contribution is -0.136. The van der Waals surface area contributed by atoms with Crippen molar-refractivity contribution in [2.75, 3.05) is 0 Å². The number of imide groups is 1. The fourth-order valence-corrected chi connectivity index (χ4v) is 3.78. The number of hydrogen-bond donors (Lipinski definition) is 1. The van der Waals surface area contributed by atoms with E-state index in [0.717, 1.165) is 11.8 Å². The van der Waals surface area contributed by atoms with Gasteiger partial charge in [0.15, 0.2) is 0 Å². The van der Waals surface area contributed by atoms with Gasteiger partial charge in [0.2, 0.25) is 11.8 Å². The van der Waals surface area contributed by atoms with E-state index in [4.69, 9.17) is 0 Å². The van der Waals surface area contributed by atoms with E-state index >= 15 is 0 Å². The van der Waals surface area contributed by atoms with Gasteiger partial charge in [-0.15, -0.1) is 5.10 Å². The second-order valence-corrected chi connectivity index (χ2v) is 7.18. The highest BCUT2D eigenvalue weighted by atomic mass is 19.1. The molecule has 1 unspecified atom stereocenters. The minimum Gasteiger partial charge on any atom is -0.322 e. The Morgan fingerprint density at radius 2 is 2.00 bits per heavy atom. The summed E-state index contributed by atoms with van der Waals surface area (Å²) < 4.78 is 14.9. The number of nitrogens with one attached hydrogen (secondary N) is 1. The molecule has 0 saturated carbocycles. The third-order valence-corrected chi connectivity index (χ3v) is 5.27. The molecule has 0 aliphatic carbocycles. The van der Waals surface area contributed by atoms with Crippen molar-refractivity contribution >= 4 is 17.7 Å². The first-order valence-electron chi connectivity index (χ1n) is 9.31. The van der Waals surface area contributed by atoms with Crippen LogP contribution in [0.15, 0.2) is 42.9 Å². The minimum atomic E-state index is -0.663. The predicted octanol–water partition coefficient (Wildman–Crippen LogP) is 1.23. The Morgan fingerprint density at radius 3 is 2.80 bits per heavy atom. The van der Waals surface area contributed by atoms with E-state index in [2.05, 4.69) is 20.6 Å². The molecule has 150 valence electrons. The van der Waals surface area contributed by atoms with Gasteiger partial charge in [-0.2, -0.15) is 0 Å². The first-order valence-corrected chi connectivity index (χ1v) is 9.31. The standard InChI is InChI=1S/C20H15FN6O3/c21-13-5-11(7-22-8-13)16-10-27(25-24-16)14-1-2-15-12(6-14)9-26(20(15)30)17-3-4-18(28)23-19(17)29/h1-2,5-8,10,17H,3-4,9H2,(H,23,28,29). The number of carbonyl (C=O) groups is 3. The largest absolute Gasteiger partial charge is 0.322 e. The Morgan fingerprint density at radius 1 is 1.13 bits per heavy atom. The highest BCUT2D eigenvalue weighted by Crippen LogP contribution is 2.29. The van der Waals surface area contributed by atoms with Crippen LogP contribution >= 0.6 is 0 Å². The van der Waals surface area contributed by atoms with Crippen LogP contribution in [0, 0.1) is 5.82 Å². The van der Waals surface area contributed by atoms with Gasteiger partial charge in [-0.25, -0.2) is 9.07 Å². The van der Waals surface area contributed by atoms with Crippen LogP contribution in [0.4, 0.5) is 4.39 Å². The van der Waals surface area contributed by atoms with Gasteiger partial charge in [0.05, 0.1) is 18.1 Å². The second-order valence-electron chi connectivity index (χ2n) is 7.18. The molecule has 30 heavy (non-hydrogen) atoms. The summed E-state index contributed by atoms with van der Waals surface area (Å²) in [6.45, 7) is 0.268. The molecule has 5 rings (SSSR count). The van der Waals surface area contributed by atoms with Gasteiger partial charge in [-0.3, -0.25) is 24.7 Å². The molecule has 4 heterocycles. The predicted molar refractivity (Wildman–Crippen MR) is 101 cm³/mol. The Bertz CT molecular complexity index is 1210. The average Bonchev–Trinajstić information content (AvgIpc) is 3.33. The summed E-state index contributed by atoms with van der Waals surface area (Å²) in [5.74, 6) is -1.47. The van der Waals surface area contributed by atoms with Gasteiger partial charge in [0.1, 0.15) is 17.6 Å². The zero-order chi connectivity index (χ0) is 20.8. The number of aromatic nitrogens is 4. The monoisotopic (exact) mass is 406 g/mol. The average molecular weight is 406 g/mol. The molecule has 3 amide bonds. The van der Waals surface area contributed by atoms with E-state index < -0.39 is 17.8 Å². The summed E-state index contributed by atoms with van der Waals surface area (Å²) in [6.07, 6.45) is 4.77. The molecular weight excluding hydrogens is 391 g/mol. The lowest BCUT2D eigenvalue weighted by Gasteiger charge is -2.29. The molecular formula is C20H15FN6O3. The van der Waals surface area contributed by atoms with Crippen LogP contribution in [-0.2, 0) is 16.1 Å². The van der Waals surface area contributed by atoms with Crippen molar-refractivity contribution in [2.45, 2.75) is 25.4 Å². The van der Waals surface area contributed by atoms with Crippen molar-refractivity contribution in [3.8, 4) is 16.9 Å². The number of pyridine rings is 1. The Balaban J connectivity index is 1.41. The zero-order valence-electron chi connectivity index (χ0n) is 15.6. The Labute approximate surface area is 169 Å². The summed E-state index contributed by atoms with van der Waals surface area (Å²) in [5.41, 5.74) is 2.91.